The van der Waals surface area contributed by atoms with Crippen molar-refractivity contribution >= 4 is 17.7 Å². The van der Waals surface area contributed by atoms with E-state index in [1.807, 2.05) is 6.92 Å². The van der Waals surface area contributed by atoms with Crippen LogP contribution in [0.4, 0.5) is 14.9 Å². The summed E-state index contributed by atoms with van der Waals surface area (Å²) in [6.07, 6.45) is 0.777. The van der Waals surface area contributed by atoms with Gasteiger partial charge in [-0.15, -0.1) is 0 Å². The lowest BCUT2D eigenvalue weighted by molar-refractivity contribution is 0.0696. The molecular formula is C14H17FN2O4. The van der Waals surface area contributed by atoms with Crippen LogP contribution in [-0.4, -0.2) is 46.3 Å². The van der Waals surface area contributed by atoms with E-state index in [9.17, 15) is 19.1 Å². The maximum absolute atomic E-state index is 13.8. The van der Waals surface area contributed by atoms with Gasteiger partial charge in [-0.05, 0) is 30.5 Å². The van der Waals surface area contributed by atoms with Crippen molar-refractivity contribution in [1.29, 1.82) is 0 Å². The van der Waals surface area contributed by atoms with Crippen LogP contribution < -0.4 is 5.32 Å². The van der Waals surface area contributed by atoms with Gasteiger partial charge in [0.15, 0.2) is 0 Å². The normalized spacial score (nSPS) is 21.4. The summed E-state index contributed by atoms with van der Waals surface area (Å²) in [5, 5.41) is 20.5. The number of aromatic carboxylic acids is 1. The van der Waals surface area contributed by atoms with Crippen molar-refractivity contribution in [3.63, 3.8) is 0 Å². The number of carboxylic acids is 1. The molecule has 3 N–H and O–H groups in total. The van der Waals surface area contributed by atoms with E-state index >= 15 is 0 Å². The molecule has 1 aromatic rings. The van der Waals surface area contributed by atoms with Crippen LogP contribution in [0.25, 0.3) is 0 Å². The summed E-state index contributed by atoms with van der Waals surface area (Å²) < 4.78 is 13.8. The first-order valence-electron chi connectivity index (χ1n) is 6.65. The number of anilines is 1. The highest BCUT2D eigenvalue weighted by molar-refractivity contribution is 5.92. The zero-order valence-corrected chi connectivity index (χ0v) is 11.5. The Labute approximate surface area is 121 Å². The Kier molecular flexibility index (Phi) is 4.42. The minimum atomic E-state index is -1.24. The lowest BCUT2D eigenvalue weighted by atomic mass is 10.0. The molecule has 0 spiro atoms. The van der Waals surface area contributed by atoms with Crippen molar-refractivity contribution in [2.45, 2.75) is 19.4 Å². The van der Waals surface area contributed by atoms with Crippen LogP contribution in [0.2, 0.25) is 0 Å². The molecular weight excluding hydrogens is 279 g/mol. The number of carbonyl (C=O) groups excluding carboxylic acids is 1. The van der Waals surface area contributed by atoms with Crippen LogP contribution in [0.5, 0.6) is 0 Å². The number of nitrogens with one attached hydrogen (secondary N) is 1. The number of halogens is 1. The molecule has 1 saturated heterocycles. The van der Waals surface area contributed by atoms with E-state index in [1.165, 1.54) is 17.0 Å². The number of hydrogen-bond acceptors (Lipinski definition) is 3. The van der Waals surface area contributed by atoms with E-state index in [2.05, 4.69) is 5.32 Å². The Hall–Kier alpha value is -2.15. The van der Waals surface area contributed by atoms with Crippen LogP contribution in [-0.2, 0) is 0 Å². The predicted octanol–water partition coefficient (Wildman–Crippen LogP) is 1.76. The second kappa shape index (κ2) is 6.09. The monoisotopic (exact) mass is 296 g/mol. The van der Waals surface area contributed by atoms with E-state index in [1.54, 1.807) is 0 Å². The van der Waals surface area contributed by atoms with Crippen LogP contribution >= 0.6 is 0 Å². The third-order valence-electron chi connectivity index (χ3n) is 3.79. The molecule has 1 fully saturated rings. The van der Waals surface area contributed by atoms with Gasteiger partial charge in [-0.2, -0.15) is 0 Å². The van der Waals surface area contributed by atoms with Gasteiger partial charge in [-0.25, -0.2) is 14.0 Å². The average Bonchev–Trinajstić information content (AvgIpc) is 2.81. The Balaban J connectivity index is 2.11. The van der Waals surface area contributed by atoms with Crippen molar-refractivity contribution < 1.29 is 24.2 Å². The molecule has 1 aromatic carbocycles. The number of rotatable bonds is 3. The van der Waals surface area contributed by atoms with Gasteiger partial charge in [0.25, 0.3) is 0 Å². The highest BCUT2D eigenvalue weighted by Crippen LogP contribution is 2.25. The lowest BCUT2D eigenvalue weighted by Gasteiger charge is -2.25. The van der Waals surface area contributed by atoms with Gasteiger partial charge >= 0.3 is 12.0 Å². The molecule has 0 aromatic heterocycles. The number of urea groups is 1. The number of nitrogens with zero attached hydrogens (tertiary/aromatic N) is 1. The van der Waals surface area contributed by atoms with Gasteiger partial charge in [0.1, 0.15) is 5.82 Å². The lowest BCUT2D eigenvalue weighted by Crippen LogP contribution is -2.42. The fourth-order valence-corrected chi connectivity index (χ4v) is 2.48. The molecule has 2 atom stereocenters. The predicted molar refractivity (Wildman–Crippen MR) is 73.7 cm³/mol. The summed E-state index contributed by atoms with van der Waals surface area (Å²) in [4.78, 5) is 24.3. The summed E-state index contributed by atoms with van der Waals surface area (Å²) in [6.45, 7) is 2.29. The molecule has 21 heavy (non-hydrogen) atoms. The maximum Gasteiger partial charge on any atom is 0.335 e. The Bertz CT molecular complexity index is 564. The Morgan fingerprint density at radius 3 is 2.76 bits per heavy atom. The summed E-state index contributed by atoms with van der Waals surface area (Å²) in [5.41, 5.74) is -0.269. The molecule has 2 rings (SSSR count). The van der Waals surface area contributed by atoms with Crippen LogP contribution in [0, 0.1) is 11.7 Å². The van der Waals surface area contributed by atoms with E-state index < -0.39 is 17.8 Å². The minimum absolute atomic E-state index is 0.0822. The van der Waals surface area contributed by atoms with Gasteiger partial charge in [0.2, 0.25) is 0 Å². The number of carboxylic acid groups (broad SMARTS) is 1. The zero-order chi connectivity index (χ0) is 15.6. The molecule has 114 valence electrons. The number of amides is 2. The molecule has 0 radical (unpaired) electrons. The molecule has 0 saturated carbocycles. The van der Waals surface area contributed by atoms with Gasteiger partial charge in [-0.1, -0.05) is 6.92 Å². The molecule has 2 unspecified atom stereocenters. The SMILES string of the molecule is CC1CCN(C(=O)Nc2ccc(C(=O)O)cc2F)C1CO. The molecule has 1 aliphatic rings. The standard InChI is InChI=1S/C14H17FN2O4/c1-8-4-5-17(12(8)7-18)14(21)16-11-3-2-9(13(19)20)6-10(11)15/h2-3,6,8,12,18H,4-5,7H2,1H3,(H,16,21)(H,19,20). The topological polar surface area (TPSA) is 89.9 Å². The molecule has 2 amide bonds. The van der Waals surface area contributed by atoms with Crippen molar-refractivity contribution in [2.75, 3.05) is 18.5 Å². The quantitative estimate of drug-likeness (QED) is 0.792. The second-order valence-corrected chi connectivity index (χ2v) is 5.14. The molecule has 7 heteroatoms. The van der Waals surface area contributed by atoms with Crippen molar-refractivity contribution in [3.8, 4) is 0 Å². The van der Waals surface area contributed by atoms with Gasteiger partial charge in [-0.3, -0.25) is 0 Å². The largest absolute Gasteiger partial charge is 0.478 e. The number of aliphatic hydroxyl groups is 1. The molecule has 0 aliphatic carbocycles. The summed E-state index contributed by atoms with van der Waals surface area (Å²) in [7, 11) is 0. The number of aliphatic hydroxyl groups excluding tert-OH is 1. The zero-order valence-electron chi connectivity index (χ0n) is 11.5. The van der Waals surface area contributed by atoms with E-state index in [0.29, 0.717) is 6.54 Å². The number of carbonyl (C=O) groups is 2. The van der Waals surface area contributed by atoms with Crippen molar-refractivity contribution in [3.05, 3.63) is 29.6 Å². The summed E-state index contributed by atoms with van der Waals surface area (Å²) in [6, 6.07) is 2.50. The minimum Gasteiger partial charge on any atom is -0.478 e. The van der Waals surface area contributed by atoms with Crippen molar-refractivity contribution in [2.24, 2.45) is 5.92 Å². The Morgan fingerprint density at radius 2 is 2.19 bits per heavy atom. The van der Waals surface area contributed by atoms with E-state index in [0.717, 1.165) is 12.5 Å². The third kappa shape index (κ3) is 3.13. The van der Waals surface area contributed by atoms with Gasteiger partial charge in [0.05, 0.1) is 23.9 Å². The number of hydrogen-bond donors (Lipinski definition) is 3. The molecule has 6 nitrogen and oxygen atoms in total. The molecule has 1 heterocycles. The van der Waals surface area contributed by atoms with Crippen LogP contribution in [0.1, 0.15) is 23.7 Å². The average molecular weight is 296 g/mol. The summed E-state index contributed by atoms with van der Waals surface area (Å²) >= 11 is 0. The fourth-order valence-electron chi connectivity index (χ4n) is 2.48. The fraction of sp³-hybridized carbons (Fsp3) is 0.429. The first kappa shape index (κ1) is 15.2. The van der Waals surface area contributed by atoms with E-state index in [4.69, 9.17) is 5.11 Å². The highest BCUT2D eigenvalue weighted by atomic mass is 19.1. The highest BCUT2D eigenvalue weighted by Gasteiger charge is 2.34. The van der Waals surface area contributed by atoms with Gasteiger partial charge < -0.3 is 20.4 Å². The maximum atomic E-state index is 13.8. The second-order valence-electron chi connectivity index (χ2n) is 5.14. The first-order valence-corrected chi connectivity index (χ1v) is 6.65. The van der Waals surface area contributed by atoms with Crippen molar-refractivity contribution in [1.82, 2.24) is 4.90 Å². The smallest absolute Gasteiger partial charge is 0.335 e. The first-order chi connectivity index (χ1) is 9.93. The van der Waals surface area contributed by atoms with Crippen LogP contribution in [0.15, 0.2) is 18.2 Å². The Morgan fingerprint density at radius 1 is 1.48 bits per heavy atom. The summed E-state index contributed by atoms with van der Waals surface area (Å²) in [5.74, 6) is -1.86. The number of likely N-dealkylation sites (tertiary alicyclic amines) is 1. The molecule has 0 bridgehead atoms. The van der Waals surface area contributed by atoms with Crippen LogP contribution in [0.3, 0.4) is 0 Å². The van der Waals surface area contributed by atoms with E-state index in [-0.39, 0.29) is 29.8 Å². The van der Waals surface area contributed by atoms with Gasteiger partial charge in [0, 0.05) is 6.54 Å². The number of benzene rings is 1. The third-order valence-corrected chi connectivity index (χ3v) is 3.79. The molecule has 1 aliphatic heterocycles.